The summed E-state index contributed by atoms with van der Waals surface area (Å²) >= 11 is 0. The SMILES string of the molecule is OCc1ccc(-c2nn(CC3CCCCC3)c3ccccc23)o1. The van der Waals surface area contributed by atoms with E-state index in [0.717, 1.165) is 34.8 Å². The van der Waals surface area contributed by atoms with Crippen molar-refractivity contribution in [2.45, 2.75) is 45.3 Å². The van der Waals surface area contributed by atoms with Gasteiger partial charge in [0.1, 0.15) is 18.1 Å². The maximum atomic E-state index is 9.21. The Morgan fingerprint density at radius 3 is 2.70 bits per heavy atom. The summed E-state index contributed by atoms with van der Waals surface area (Å²) in [6, 6.07) is 12.0. The van der Waals surface area contributed by atoms with Crippen molar-refractivity contribution < 1.29 is 9.52 Å². The molecule has 120 valence electrons. The lowest BCUT2D eigenvalue weighted by molar-refractivity contribution is 0.248. The maximum Gasteiger partial charge on any atom is 0.155 e. The van der Waals surface area contributed by atoms with Crippen LogP contribution in [0, 0.1) is 5.92 Å². The number of furan rings is 1. The van der Waals surface area contributed by atoms with Gasteiger partial charge in [-0.2, -0.15) is 5.10 Å². The van der Waals surface area contributed by atoms with Crippen LogP contribution in [0.25, 0.3) is 22.4 Å². The second-order valence-electron chi connectivity index (χ2n) is 6.48. The van der Waals surface area contributed by atoms with Gasteiger partial charge < -0.3 is 9.52 Å². The molecule has 1 fully saturated rings. The van der Waals surface area contributed by atoms with Crippen molar-refractivity contribution in [2.75, 3.05) is 0 Å². The van der Waals surface area contributed by atoms with Crippen LogP contribution in [0.2, 0.25) is 0 Å². The Morgan fingerprint density at radius 2 is 1.91 bits per heavy atom. The van der Waals surface area contributed by atoms with Crippen molar-refractivity contribution in [3.63, 3.8) is 0 Å². The van der Waals surface area contributed by atoms with Crippen LogP contribution in [0.3, 0.4) is 0 Å². The fourth-order valence-electron chi connectivity index (χ4n) is 3.65. The van der Waals surface area contributed by atoms with Gasteiger partial charge in [-0.05, 0) is 37.0 Å². The van der Waals surface area contributed by atoms with Gasteiger partial charge >= 0.3 is 0 Å². The molecule has 0 atom stereocenters. The summed E-state index contributed by atoms with van der Waals surface area (Å²) in [6.07, 6.45) is 6.67. The number of aliphatic hydroxyl groups is 1. The molecular formula is C19H22N2O2. The molecule has 4 heteroatoms. The van der Waals surface area contributed by atoms with Gasteiger partial charge in [0.2, 0.25) is 0 Å². The third kappa shape index (κ3) is 2.79. The summed E-state index contributed by atoms with van der Waals surface area (Å²) in [5, 5.41) is 15.2. The Balaban J connectivity index is 1.73. The second kappa shape index (κ2) is 6.20. The van der Waals surface area contributed by atoms with Crippen molar-refractivity contribution in [1.29, 1.82) is 0 Å². The third-order valence-electron chi connectivity index (χ3n) is 4.86. The molecule has 0 unspecified atom stereocenters. The number of fused-ring (bicyclic) bond motifs is 1. The van der Waals surface area contributed by atoms with E-state index in [1.165, 1.54) is 32.1 Å². The number of aromatic nitrogens is 2. The summed E-state index contributed by atoms with van der Waals surface area (Å²) in [5.74, 6) is 2.03. The van der Waals surface area contributed by atoms with Gasteiger partial charge in [-0.25, -0.2) is 0 Å². The molecule has 3 aromatic rings. The van der Waals surface area contributed by atoms with Crippen LogP contribution in [0.1, 0.15) is 37.9 Å². The Hall–Kier alpha value is -2.07. The molecule has 0 bridgehead atoms. The summed E-state index contributed by atoms with van der Waals surface area (Å²) in [7, 11) is 0. The Morgan fingerprint density at radius 1 is 1.09 bits per heavy atom. The van der Waals surface area contributed by atoms with E-state index in [9.17, 15) is 5.11 Å². The Bertz CT molecular complexity index is 797. The Kier molecular flexibility index (Phi) is 3.92. The zero-order chi connectivity index (χ0) is 15.6. The lowest BCUT2D eigenvalue weighted by Crippen LogP contribution is -2.15. The summed E-state index contributed by atoms with van der Waals surface area (Å²) in [4.78, 5) is 0. The third-order valence-corrected chi connectivity index (χ3v) is 4.86. The highest BCUT2D eigenvalue weighted by Crippen LogP contribution is 2.31. The molecule has 1 N–H and O–H groups in total. The molecule has 0 radical (unpaired) electrons. The first-order valence-corrected chi connectivity index (χ1v) is 8.50. The highest BCUT2D eigenvalue weighted by molar-refractivity contribution is 5.92. The largest absolute Gasteiger partial charge is 0.457 e. The lowest BCUT2D eigenvalue weighted by atomic mass is 9.89. The number of para-hydroxylation sites is 1. The molecule has 2 heterocycles. The molecule has 23 heavy (non-hydrogen) atoms. The van der Waals surface area contributed by atoms with Gasteiger partial charge in [-0.3, -0.25) is 4.68 Å². The zero-order valence-electron chi connectivity index (χ0n) is 13.2. The summed E-state index contributed by atoms with van der Waals surface area (Å²) < 4.78 is 7.85. The van der Waals surface area contributed by atoms with E-state index >= 15 is 0 Å². The van der Waals surface area contributed by atoms with Gasteiger partial charge in [0.25, 0.3) is 0 Å². The fraction of sp³-hybridized carbons (Fsp3) is 0.421. The van der Waals surface area contributed by atoms with E-state index < -0.39 is 0 Å². The predicted molar refractivity (Wildman–Crippen MR) is 89.9 cm³/mol. The minimum absolute atomic E-state index is 0.0826. The van der Waals surface area contributed by atoms with Crippen molar-refractivity contribution in [1.82, 2.24) is 9.78 Å². The van der Waals surface area contributed by atoms with Crippen LogP contribution < -0.4 is 0 Å². The Labute approximate surface area is 135 Å². The van der Waals surface area contributed by atoms with Crippen molar-refractivity contribution in [2.24, 2.45) is 5.92 Å². The van der Waals surface area contributed by atoms with E-state index in [-0.39, 0.29) is 6.61 Å². The second-order valence-corrected chi connectivity index (χ2v) is 6.48. The van der Waals surface area contributed by atoms with Gasteiger partial charge in [-0.15, -0.1) is 0 Å². The van der Waals surface area contributed by atoms with Crippen LogP contribution >= 0.6 is 0 Å². The molecule has 0 saturated heterocycles. The van der Waals surface area contributed by atoms with Gasteiger partial charge in [0, 0.05) is 11.9 Å². The molecule has 0 amide bonds. The number of rotatable bonds is 4. The normalized spacial score (nSPS) is 16.2. The first-order chi connectivity index (χ1) is 11.3. The summed E-state index contributed by atoms with van der Waals surface area (Å²) in [6.45, 7) is 0.898. The number of nitrogens with zero attached hydrogens (tertiary/aromatic N) is 2. The van der Waals surface area contributed by atoms with Crippen molar-refractivity contribution in [3.8, 4) is 11.5 Å². The molecule has 1 saturated carbocycles. The minimum Gasteiger partial charge on any atom is -0.457 e. The van der Waals surface area contributed by atoms with Crippen LogP contribution in [0.15, 0.2) is 40.8 Å². The molecule has 1 aliphatic rings. The standard InChI is InChI=1S/C19H22N2O2/c22-13-15-10-11-18(23-15)19-16-8-4-5-9-17(16)21(20-19)12-14-6-2-1-3-7-14/h4-5,8-11,14,22H,1-3,6-7,12-13H2. The van der Waals surface area contributed by atoms with Crippen molar-refractivity contribution in [3.05, 3.63) is 42.2 Å². The number of hydrogen-bond donors (Lipinski definition) is 1. The molecule has 0 spiro atoms. The zero-order valence-corrected chi connectivity index (χ0v) is 13.2. The smallest absolute Gasteiger partial charge is 0.155 e. The predicted octanol–water partition coefficient (Wildman–Crippen LogP) is 4.37. The topological polar surface area (TPSA) is 51.2 Å². The first kappa shape index (κ1) is 14.5. The highest BCUT2D eigenvalue weighted by atomic mass is 16.4. The average Bonchev–Trinajstić information content (AvgIpc) is 3.21. The van der Waals surface area contributed by atoms with Crippen LogP contribution in [0.5, 0.6) is 0 Å². The van der Waals surface area contributed by atoms with E-state index in [1.54, 1.807) is 0 Å². The quantitative estimate of drug-likeness (QED) is 0.778. The number of hydrogen-bond acceptors (Lipinski definition) is 3. The van der Waals surface area contributed by atoms with Crippen LogP contribution in [-0.2, 0) is 13.2 Å². The van der Waals surface area contributed by atoms with E-state index in [1.807, 2.05) is 18.2 Å². The summed E-state index contributed by atoms with van der Waals surface area (Å²) in [5.41, 5.74) is 2.03. The molecule has 0 aliphatic heterocycles. The number of benzene rings is 1. The monoisotopic (exact) mass is 310 g/mol. The number of aliphatic hydroxyl groups excluding tert-OH is 1. The van der Waals surface area contributed by atoms with Crippen LogP contribution in [0.4, 0.5) is 0 Å². The molecule has 1 aromatic carbocycles. The molecule has 2 aromatic heterocycles. The van der Waals surface area contributed by atoms with E-state index in [2.05, 4.69) is 22.9 Å². The molecule has 1 aliphatic carbocycles. The molecular weight excluding hydrogens is 288 g/mol. The van der Waals surface area contributed by atoms with Gasteiger partial charge in [0.15, 0.2) is 5.76 Å². The molecule has 4 nitrogen and oxygen atoms in total. The minimum atomic E-state index is -0.0826. The van der Waals surface area contributed by atoms with Gasteiger partial charge in [0.05, 0.1) is 5.52 Å². The maximum absolute atomic E-state index is 9.21. The van der Waals surface area contributed by atoms with Crippen LogP contribution in [-0.4, -0.2) is 14.9 Å². The lowest BCUT2D eigenvalue weighted by Gasteiger charge is -2.21. The van der Waals surface area contributed by atoms with E-state index in [0.29, 0.717) is 5.76 Å². The first-order valence-electron chi connectivity index (χ1n) is 8.50. The fourth-order valence-corrected chi connectivity index (χ4v) is 3.65. The van der Waals surface area contributed by atoms with Crippen molar-refractivity contribution >= 4 is 10.9 Å². The van der Waals surface area contributed by atoms with Gasteiger partial charge in [-0.1, -0.05) is 37.5 Å². The highest BCUT2D eigenvalue weighted by Gasteiger charge is 2.19. The average molecular weight is 310 g/mol. The molecule has 4 rings (SSSR count). The van der Waals surface area contributed by atoms with E-state index in [4.69, 9.17) is 9.52 Å².